The molecule has 0 bridgehead atoms. The molecule has 27 heavy (non-hydrogen) atoms. The van der Waals surface area contributed by atoms with Gasteiger partial charge in [0.1, 0.15) is 11.3 Å². The molecule has 2 fully saturated rings. The molecule has 1 aromatic carbocycles. The molecule has 146 valence electrons. The van der Waals surface area contributed by atoms with Gasteiger partial charge in [-0.05, 0) is 62.1 Å². The number of amides is 1. The van der Waals surface area contributed by atoms with E-state index in [0.717, 1.165) is 11.0 Å². The zero-order chi connectivity index (χ0) is 19.2. The summed E-state index contributed by atoms with van der Waals surface area (Å²) in [7, 11) is 1.55. The van der Waals surface area contributed by atoms with Crippen molar-refractivity contribution in [3.63, 3.8) is 0 Å². The van der Waals surface area contributed by atoms with Crippen molar-refractivity contribution in [2.24, 2.45) is 5.41 Å². The first-order valence-corrected chi connectivity index (χ1v) is 9.87. The molecule has 2 aromatic rings. The summed E-state index contributed by atoms with van der Waals surface area (Å²) < 4.78 is 11.0. The van der Waals surface area contributed by atoms with Gasteiger partial charge < -0.3 is 19.6 Å². The molecule has 0 saturated heterocycles. The number of hydrogen-bond acceptors (Lipinski definition) is 4. The summed E-state index contributed by atoms with van der Waals surface area (Å²) >= 11 is 0. The Morgan fingerprint density at radius 2 is 2.15 bits per heavy atom. The van der Waals surface area contributed by atoms with Crippen LogP contribution in [0.1, 0.15) is 66.6 Å². The van der Waals surface area contributed by atoms with Gasteiger partial charge in [0.15, 0.2) is 0 Å². The number of benzene rings is 1. The number of carbonyl (C=O) groups is 1. The number of hydrogen-bond donors (Lipinski definition) is 2. The van der Waals surface area contributed by atoms with E-state index in [1.807, 2.05) is 13.0 Å². The van der Waals surface area contributed by atoms with Gasteiger partial charge in [-0.2, -0.15) is 0 Å². The highest BCUT2D eigenvalue weighted by atomic mass is 16.5. The van der Waals surface area contributed by atoms with E-state index in [0.29, 0.717) is 22.7 Å². The minimum atomic E-state index is -0.829. The number of rotatable bonds is 6. The second-order valence-corrected chi connectivity index (χ2v) is 8.72. The second kappa shape index (κ2) is 6.64. The van der Waals surface area contributed by atoms with E-state index >= 15 is 0 Å². The molecule has 2 aliphatic rings. The van der Waals surface area contributed by atoms with Crippen LogP contribution in [-0.2, 0) is 4.74 Å². The predicted molar refractivity (Wildman–Crippen MR) is 104 cm³/mol. The first kappa shape index (κ1) is 18.5. The number of aliphatic hydroxyl groups is 1. The average Bonchev–Trinajstić information content (AvgIpc) is 2.96. The van der Waals surface area contributed by atoms with E-state index in [1.165, 1.54) is 37.7 Å². The first-order chi connectivity index (χ1) is 12.9. The van der Waals surface area contributed by atoms with Crippen molar-refractivity contribution in [2.45, 2.75) is 57.4 Å². The monoisotopic (exact) mass is 371 g/mol. The minimum Gasteiger partial charge on any atom is -0.461 e. The highest BCUT2D eigenvalue weighted by Crippen LogP contribution is 2.67. The molecule has 1 amide bonds. The summed E-state index contributed by atoms with van der Waals surface area (Å²) in [5.41, 5.74) is 2.30. The van der Waals surface area contributed by atoms with Gasteiger partial charge >= 0.3 is 0 Å². The molecular formula is C22H29NO4. The maximum absolute atomic E-state index is 13.0. The van der Waals surface area contributed by atoms with E-state index in [1.54, 1.807) is 14.0 Å². The van der Waals surface area contributed by atoms with Gasteiger partial charge in [0.2, 0.25) is 0 Å². The van der Waals surface area contributed by atoms with Crippen LogP contribution in [-0.4, -0.2) is 36.9 Å². The number of nitrogens with one attached hydrogen (secondary N) is 1. The fraction of sp³-hybridized carbons (Fsp3) is 0.591. The Morgan fingerprint density at radius 3 is 2.81 bits per heavy atom. The highest BCUT2D eigenvalue weighted by molar-refractivity contribution is 6.07. The largest absolute Gasteiger partial charge is 0.461 e. The van der Waals surface area contributed by atoms with Crippen molar-refractivity contribution in [1.82, 2.24) is 5.32 Å². The number of methoxy groups -OCH3 is 1. The topological polar surface area (TPSA) is 71.7 Å². The quantitative estimate of drug-likeness (QED) is 0.807. The highest BCUT2D eigenvalue weighted by Gasteiger charge is 2.55. The Balaban J connectivity index is 1.65. The van der Waals surface area contributed by atoms with E-state index in [4.69, 9.17) is 9.15 Å². The van der Waals surface area contributed by atoms with Gasteiger partial charge in [0, 0.05) is 12.5 Å². The Labute approximate surface area is 160 Å². The third-order valence-corrected chi connectivity index (χ3v) is 6.53. The van der Waals surface area contributed by atoms with Gasteiger partial charge in [-0.25, -0.2) is 0 Å². The number of aryl methyl sites for hydroxylation is 1. The average molecular weight is 371 g/mol. The number of ether oxygens (including phenoxy) is 1. The molecule has 2 N–H and O–H groups in total. The lowest BCUT2D eigenvalue weighted by Crippen LogP contribution is -2.52. The molecule has 1 aromatic heterocycles. The number of carbonyl (C=O) groups excluding carboxylic acids is 1. The molecule has 0 radical (unpaired) electrons. The molecule has 5 nitrogen and oxygen atoms in total. The van der Waals surface area contributed by atoms with Crippen molar-refractivity contribution in [3.8, 4) is 0 Å². The van der Waals surface area contributed by atoms with Crippen LogP contribution in [0.3, 0.4) is 0 Å². The molecule has 2 unspecified atom stereocenters. The smallest absolute Gasteiger partial charge is 0.256 e. The maximum Gasteiger partial charge on any atom is 0.256 e. The van der Waals surface area contributed by atoms with Gasteiger partial charge in [-0.15, -0.1) is 0 Å². The summed E-state index contributed by atoms with van der Waals surface area (Å²) in [5, 5.41) is 13.4. The molecule has 2 saturated carbocycles. The van der Waals surface area contributed by atoms with Crippen LogP contribution in [0.2, 0.25) is 0 Å². The molecule has 0 aliphatic heterocycles. The lowest BCUT2D eigenvalue weighted by Gasteiger charge is -2.27. The third kappa shape index (κ3) is 3.17. The molecule has 1 heterocycles. The van der Waals surface area contributed by atoms with Crippen LogP contribution >= 0.6 is 0 Å². The third-order valence-electron chi connectivity index (χ3n) is 6.53. The van der Waals surface area contributed by atoms with Crippen molar-refractivity contribution < 1.29 is 19.1 Å². The Hall–Kier alpha value is -1.85. The first-order valence-electron chi connectivity index (χ1n) is 9.87. The van der Waals surface area contributed by atoms with Crippen molar-refractivity contribution in [3.05, 3.63) is 35.1 Å². The zero-order valence-corrected chi connectivity index (χ0v) is 16.4. The summed E-state index contributed by atoms with van der Waals surface area (Å²) in [5.74, 6) is 0.985. The summed E-state index contributed by atoms with van der Waals surface area (Å²) in [4.78, 5) is 13.0. The summed E-state index contributed by atoms with van der Waals surface area (Å²) in [6.07, 6.45) is 6.62. The van der Waals surface area contributed by atoms with Crippen molar-refractivity contribution >= 4 is 16.9 Å². The summed E-state index contributed by atoms with van der Waals surface area (Å²) in [6.45, 7) is 3.62. The van der Waals surface area contributed by atoms with Gasteiger partial charge in [0.05, 0.1) is 24.3 Å². The maximum atomic E-state index is 13.0. The molecule has 4 rings (SSSR count). The minimum absolute atomic E-state index is 0.197. The van der Waals surface area contributed by atoms with E-state index in [-0.39, 0.29) is 19.1 Å². The van der Waals surface area contributed by atoms with Gasteiger partial charge in [0.25, 0.3) is 5.91 Å². The van der Waals surface area contributed by atoms with Crippen LogP contribution < -0.4 is 5.32 Å². The lowest BCUT2D eigenvalue weighted by atomic mass is 9.96. The van der Waals surface area contributed by atoms with Crippen LogP contribution in [0, 0.1) is 12.3 Å². The molecule has 5 heteroatoms. The van der Waals surface area contributed by atoms with Crippen LogP contribution in [0.25, 0.3) is 11.0 Å². The molecule has 1 spiro atoms. The van der Waals surface area contributed by atoms with Gasteiger partial charge in [-0.1, -0.05) is 18.9 Å². The van der Waals surface area contributed by atoms with Crippen molar-refractivity contribution in [1.29, 1.82) is 0 Å². The van der Waals surface area contributed by atoms with Crippen LogP contribution in [0.5, 0.6) is 0 Å². The van der Waals surface area contributed by atoms with E-state index < -0.39 is 5.54 Å². The Kier molecular flexibility index (Phi) is 4.55. The van der Waals surface area contributed by atoms with E-state index in [2.05, 4.69) is 17.4 Å². The molecule has 2 atom stereocenters. The zero-order valence-electron chi connectivity index (χ0n) is 16.4. The number of fused-ring (bicyclic) bond motifs is 1. The standard InChI is InChI=1S/C22H29NO4/c1-14-19(20(25)23-21(2,12-24)13-26-3)16-10-15(6-7-18(16)27-14)17-11-22(17)8-4-5-9-22/h6-7,10,17,24H,4-5,8-9,11-13H2,1-3H3,(H,23,25). The lowest BCUT2D eigenvalue weighted by molar-refractivity contribution is 0.0597. The molecule has 2 aliphatic carbocycles. The molecular weight excluding hydrogens is 342 g/mol. The number of furan rings is 1. The summed E-state index contributed by atoms with van der Waals surface area (Å²) in [6, 6.07) is 6.30. The Morgan fingerprint density at radius 1 is 1.41 bits per heavy atom. The van der Waals surface area contributed by atoms with Crippen molar-refractivity contribution in [2.75, 3.05) is 20.3 Å². The fourth-order valence-electron chi connectivity index (χ4n) is 4.96. The SMILES string of the molecule is COCC(C)(CO)NC(=O)c1c(C)oc2ccc(C3CC34CCCC4)cc12. The fourth-order valence-corrected chi connectivity index (χ4v) is 4.96. The van der Waals surface area contributed by atoms with Crippen LogP contribution in [0.15, 0.2) is 22.6 Å². The predicted octanol–water partition coefficient (Wildman–Crippen LogP) is 3.92. The second-order valence-electron chi connectivity index (χ2n) is 8.72. The van der Waals surface area contributed by atoms with Gasteiger partial charge in [-0.3, -0.25) is 4.79 Å². The van der Waals surface area contributed by atoms with E-state index in [9.17, 15) is 9.90 Å². The van der Waals surface area contributed by atoms with Crippen LogP contribution in [0.4, 0.5) is 0 Å². The normalized spacial score (nSPS) is 22.9. The Bertz CT molecular complexity index is 865. The number of aliphatic hydroxyl groups excluding tert-OH is 1.